The van der Waals surface area contributed by atoms with Gasteiger partial charge in [-0.3, -0.25) is 4.90 Å². The van der Waals surface area contributed by atoms with Crippen LogP contribution in [0.4, 0.5) is 0 Å². The van der Waals surface area contributed by atoms with E-state index in [0.717, 1.165) is 30.8 Å². The number of hydrogen-bond donors (Lipinski definition) is 2. The Hall–Kier alpha value is -3.15. The Kier molecular flexibility index (Phi) is 9.64. The van der Waals surface area contributed by atoms with Crippen molar-refractivity contribution in [2.24, 2.45) is 0 Å². The van der Waals surface area contributed by atoms with Gasteiger partial charge in [0, 0.05) is 32.7 Å². The highest BCUT2D eigenvalue weighted by Gasteiger charge is 2.23. The van der Waals surface area contributed by atoms with E-state index >= 15 is 0 Å². The second-order valence-corrected chi connectivity index (χ2v) is 9.29. The molecule has 10 nitrogen and oxygen atoms in total. The number of ether oxygens (including phenoxy) is 2. The molecule has 0 aliphatic carbocycles. The van der Waals surface area contributed by atoms with Gasteiger partial charge in [0.1, 0.15) is 6.61 Å². The van der Waals surface area contributed by atoms with Gasteiger partial charge in [-0.25, -0.2) is 18.0 Å². The van der Waals surface area contributed by atoms with Crippen LogP contribution in [0.25, 0.3) is 0 Å². The summed E-state index contributed by atoms with van der Waals surface area (Å²) in [6, 6.07) is 16.0. The van der Waals surface area contributed by atoms with Crippen molar-refractivity contribution in [3.8, 4) is 11.5 Å². The van der Waals surface area contributed by atoms with E-state index in [9.17, 15) is 8.42 Å². The normalized spacial score (nSPS) is 14.6. The molecular formula is C22H28N2O8S. The van der Waals surface area contributed by atoms with E-state index in [4.69, 9.17) is 29.3 Å². The van der Waals surface area contributed by atoms with Crippen molar-refractivity contribution in [3.63, 3.8) is 0 Å². The van der Waals surface area contributed by atoms with Crippen molar-refractivity contribution in [2.75, 3.05) is 39.5 Å². The molecule has 0 aromatic heterocycles. The van der Waals surface area contributed by atoms with Crippen molar-refractivity contribution in [3.05, 3.63) is 59.7 Å². The van der Waals surface area contributed by atoms with Crippen LogP contribution in [-0.4, -0.2) is 79.3 Å². The molecule has 33 heavy (non-hydrogen) atoms. The largest absolute Gasteiger partial charge is 0.493 e. The smallest absolute Gasteiger partial charge is 0.414 e. The zero-order chi connectivity index (χ0) is 24.4. The predicted octanol–water partition coefficient (Wildman–Crippen LogP) is 1.51. The van der Waals surface area contributed by atoms with Gasteiger partial charge in [0.15, 0.2) is 11.5 Å². The van der Waals surface area contributed by atoms with E-state index in [1.807, 2.05) is 48.5 Å². The van der Waals surface area contributed by atoms with Crippen molar-refractivity contribution >= 4 is 22.0 Å². The lowest BCUT2D eigenvalue weighted by atomic mass is 10.1. The average Bonchev–Trinajstić information content (AvgIpc) is 2.78. The van der Waals surface area contributed by atoms with Gasteiger partial charge in [-0.2, -0.15) is 4.31 Å². The second kappa shape index (κ2) is 12.2. The highest BCUT2D eigenvalue weighted by atomic mass is 32.2. The Morgan fingerprint density at radius 2 is 1.52 bits per heavy atom. The fourth-order valence-corrected chi connectivity index (χ4v) is 3.97. The molecular weight excluding hydrogens is 452 g/mol. The van der Waals surface area contributed by atoms with Gasteiger partial charge in [0.05, 0.1) is 13.4 Å². The molecule has 2 aromatic carbocycles. The number of methoxy groups -OCH3 is 1. The molecule has 1 aliphatic rings. The number of piperazine rings is 1. The van der Waals surface area contributed by atoms with E-state index in [-0.39, 0.29) is 0 Å². The van der Waals surface area contributed by atoms with Crippen molar-refractivity contribution in [1.82, 2.24) is 9.21 Å². The van der Waals surface area contributed by atoms with E-state index in [1.54, 1.807) is 7.11 Å². The third-order valence-corrected chi connectivity index (χ3v) is 6.16. The van der Waals surface area contributed by atoms with Crippen LogP contribution in [0.3, 0.4) is 0 Å². The molecule has 0 bridgehead atoms. The van der Waals surface area contributed by atoms with Crippen LogP contribution >= 0.6 is 0 Å². The quantitative estimate of drug-likeness (QED) is 0.566. The molecule has 180 valence electrons. The Labute approximate surface area is 193 Å². The summed E-state index contributed by atoms with van der Waals surface area (Å²) in [4.78, 5) is 20.5. The molecule has 1 heterocycles. The van der Waals surface area contributed by atoms with Crippen LogP contribution in [0.15, 0.2) is 48.5 Å². The summed E-state index contributed by atoms with van der Waals surface area (Å²) in [5.41, 5.74) is 2.22. The topological polar surface area (TPSA) is 134 Å². The first-order valence-corrected chi connectivity index (χ1v) is 11.9. The van der Waals surface area contributed by atoms with Crippen molar-refractivity contribution < 1.29 is 37.7 Å². The molecule has 1 saturated heterocycles. The lowest BCUT2D eigenvalue weighted by Gasteiger charge is -2.33. The molecule has 11 heteroatoms. The summed E-state index contributed by atoms with van der Waals surface area (Å²) in [5.74, 6) is -2.23. The highest BCUT2D eigenvalue weighted by Crippen LogP contribution is 2.29. The Morgan fingerprint density at radius 1 is 0.909 bits per heavy atom. The van der Waals surface area contributed by atoms with Crippen LogP contribution in [0.5, 0.6) is 11.5 Å². The lowest BCUT2D eigenvalue weighted by Crippen LogP contribution is -2.47. The van der Waals surface area contributed by atoms with Crippen molar-refractivity contribution in [2.45, 2.75) is 13.2 Å². The average molecular weight is 481 g/mol. The van der Waals surface area contributed by atoms with Gasteiger partial charge in [0.2, 0.25) is 10.0 Å². The number of benzene rings is 2. The maximum atomic E-state index is 11.6. The van der Waals surface area contributed by atoms with Crippen molar-refractivity contribution in [1.29, 1.82) is 0 Å². The number of hydrogen-bond acceptors (Lipinski definition) is 7. The van der Waals surface area contributed by atoms with Gasteiger partial charge in [-0.15, -0.1) is 0 Å². The number of carbonyl (C=O) groups is 2. The maximum Gasteiger partial charge on any atom is 0.414 e. The highest BCUT2D eigenvalue weighted by molar-refractivity contribution is 7.88. The van der Waals surface area contributed by atoms with Gasteiger partial charge in [0.25, 0.3) is 0 Å². The molecule has 0 saturated carbocycles. The number of sulfonamides is 1. The Morgan fingerprint density at radius 3 is 2.03 bits per heavy atom. The summed E-state index contributed by atoms with van der Waals surface area (Å²) in [6.45, 7) is 3.74. The fourth-order valence-electron chi connectivity index (χ4n) is 3.15. The van der Waals surface area contributed by atoms with E-state index in [1.165, 1.54) is 10.6 Å². The van der Waals surface area contributed by atoms with Gasteiger partial charge in [-0.1, -0.05) is 36.4 Å². The standard InChI is InChI=1S/C20H26N2O4S.C2H2O4/c1-25-19-9-8-18(14-20(19)26-16-17-6-4-3-5-7-17)15-21-10-12-22(13-11-21)27(2,23)24;3-1(4)2(5)6/h3-9,14H,10-13,15-16H2,1-2H3;(H,3,4)(H,5,6). The molecule has 1 fully saturated rings. The zero-order valence-electron chi connectivity index (χ0n) is 18.5. The van der Waals surface area contributed by atoms with Crippen LogP contribution < -0.4 is 9.47 Å². The third-order valence-electron chi connectivity index (χ3n) is 4.85. The first-order chi connectivity index (χ1) is 15.6. The summed E-state index contributed by atoms with van der Waals surface area (Å²) in [5, 5.41) is 14.8. The number of carboxylic acids is 2. The summed E-state index contributed by atoms with van der Waals surface area (Å²) in [6.07, 6.45) is 1.27. The third kappa shape index (κ3) is 8.72. The molecule has 0 radical (unpaired) electrons. The number of aliphatic carboxylic acids is 2. The number of rotatable bonds is 7. The predicted molar refractivity (Wildman–Crippen MR) is 121 cm³/mol. The van der Waals surface area contributed by atoms with Gasteiger partial charge >= 0.3 is 11.9 Å². The van der Waals surface area contributed by atoms with Crippen LogP contribution in [-0.2, 0) is 32.8 Å². The molecule has 1 aliphatic heterocycles. The second-order valence-electron chi connectivity index (χ2n) is 7.31. The molecule has 0 unspecified atom stereocenters. The number of nitrogens with zero attached hydrogens (tertiary/aromatic N) is 2. The number of carboxylic acid groups (broad SMARTS) is 2. The zero-order valence-corrected chi connectivity index (χ0v) is 19.3. The molecule has 2 N–H and O–H groups in total. The van der Waals surface area contributed by atoms with Crippen LogP contribution in [0, 0.1) is 0 Å². The minimum absolute atomic E-state index is 0.480. The maximum absolute atomic E-state index is 11.6. The summed E-state index contributed by atoms with van der Waals surface area (Å²) >= 11 is 0. The fraction of sp³-hybridized carbons (Fsp3) is 0.364. The monoisotopic (exact) mass is 480 g/mol. The van der Waals surface area contributed by atoms with Gasteiger partial charge < -0.3 is 19.7 Å². The SMILES string of the molecule is COc1ccc(CN2CCN(S(C)(=O)=O)CC2)cc1OCc1ccccc1.O=C(O)C(=O)O. The summed E-state index contributed by atoms with van der Waals surface area (Å²) < 4.78 is 36.2. The minimum atomic E-state index is -3.10. The van der Waals surface area contributed by atoms with E-state index in [0.29, 0.717) is 31.2 Å². The van der Waals surface area contributed by atoms with E-state index < -0.39 is 22.0 Å². The first kappa shape index (κ1) is 26.1. The summed E-state index contributed by atoms with van der Waals surface area (Å²) in [7, 11) is -1.47. The molecule has 0 atom stereocenters. The lowest BCUT2D eigenvalue weighted by molar-refractivity contribution is -0.159. The minimum Gasteiger partial charge on any atom is -0.493 e. The molecule has 0 amide bonds. The first-order valence-electron chi connectivity index (χ1n) is 10.1. The molecule has 3 rings (SSSR count). The Bertz CT molecular complexity index is 1020. The van der Waals surface area contributed by atoms with Crippen LogP contribution in [0.1, 0.15) is 11.1 Å². The van der Waals surface area contributed by atoms with Gasteiger partial charge in [-0.05, 0) is 23.3 Å². The molecule has 2 aromatic rings. The van der Waals surface area contributed by atoms with E-state index in [2.05, 4.69) is 4.90 Å². The Balaban J connectivity index is 0.000000569. The molecule has 0 spiro atoms. The van der Waals surface area contributed by atoms with Crippen LogP contribution in [0.2, 0.25) is 0 Å².